The molecule has 0 aliphatic heterocycles. The summed E-state index contributed by atoms with van der Waals surface area (Å²) in [7, 11) is 0. The Morgan fingerprint density at radius 2 is 1.74 bits per heavy atom. The van der Waals surface area contributed by atoms with Gasteiger partial charge in [0.2, 0.25) is 0 Å². The third-order valence-electron chi connectivity index (χ3n) is 3.30. The molecule has 1 amide bonds. The zero-order chi connectivity index (χ0) is 16.2. The number of amides is 1. The molecule has 3 rings (SSSR count). The van der Waals surface area contributed by atoms with E-state index in [1.54, 1.807) is 61.1 Å². The van der Waals surface area contributed by atoms with E-state index < -0.39 is 0 Å². The molecule has 0 atom stereocenters. The molecule has 1 aromatic carbocycles. The number of phenolic OH excluding ortho intramolecular Hbond substituents is 1. The van der Waals surface area contributed by atoms with Gasteiger partial charge in [0.25, 0.3) is 5.91 Å². The van der Waals surface area contributed by atoms with Crippen LogP contribution < -0.4 is 11.1 Å². The first-order valence-electron chi connectivity index (χ1n) is 6.90. The van der Waals surface area contributed by atoms with Gasteiger partial charge in [-0.05, 0) is 35.9 Å². The molecule has 0 fully saturated rings. The van der Waals surface area contributed by atoms with Gasteiger partial charge in [-0.25, -0.2) is 4.98 Å². The molecule has 0 aliphatic carbocycles. The van der Waals surface area contributed by atoms with Crippen molar-refractivity contribution >= 4 is 17.4 Å². The largest absolute Gasteiger partial charge is 0.508 e. The van der Waals surface area contributed by atoms with E-state index in [9.17, 15) is 9.90 Å². The number of phenols is 1. The van der Waals surface area contributed by atoms with Gasteiger partial charge in [-0.15, -0.1) is 0 Å². The number of benzene rings is 1. The van der Waals surface area contributed by atoms with Gasteiger partial charge in [0.1, 0.15) is 11.6 Å². The number of pyridine rings is 2. The van der Waals surface area contributed by atoms with E-state index in [0.717, 1.165) is 11.1 Å². The van der Waals surface area contributed by atoms with Crippen LogP contribution in [0.15, 0.2) is 61.1 Å². The van der Waals surface area contributed by atoms with Gasteiger partial charge in [0.05, 0.1) is 5.56 Å². The van der Waals surface area contributed by atoms with Crippen LogP contribution in [0.25, 0.3) is 11.1 Å². The van der Waals surface area contributed by atoms with E-state index in [2.05, 4.69) is 15.3 Å². The van der Waals surface area contributed by atoms with Crippen molar-refractivity contribution in [2.24, 2.45) is 0 Å². The summed E-state index contributed by atoms with van der Waals surface area (Å²) in [6.07, 6.45) is 4.76. The predicted octanol–water partition coefficient (Wildman–Crippen LogP) is 2.68. The highest BCUT2D eigenvalue weighted by Gasteiger charge is 2.13. The standard InChI is InChI=1S/C17H14N4O2/c18-16-15(17(23)21-13-5-7-19-8-6-13)9-12(10-20-16)11-1-3-14(22)4-2-11/h1-10,22H,(H2,18,20)(H,19,21,23). The van der Waals surface area contributed by atoms with Gasteiger partial charge in [-0.1, -0.05) is 12.1 Å². The number of rotatable bonds is 3. The summed E-state index contributed by atoms with van der Waals surface area (Å²) in [4.78, 5) is 20.4. The van der Waals surface area contributed by atoms with Crippen molar-refractivity contribution in [1.82, 2.24) is 9.97 Å². The summed E-state index contributed by atoms with van der Waals surface area (Å²) < 4.78 is 0. The van der Waals surface area contributed by atoms with Gasteiger partial charge in [-0.3, -0.25) is 9.78 Å². The van der Waals surface area contributed by atoms with Crippen molar-refractivity contribution in [3.05, 3.63) is 66.6 Å². The second-order valence-corrected chi connectivity index (χ2v) is 4.89. The molecular weight excluding hydrogens is 292 g/mol. The third-order valence-corrected chi connectivity index (χ3v) is 3.30. The highest BCUT2D eigenvalue weighted by Crippen LogP contribution is 2.24. The highest BCUT2D eigenvalue weighted by atomic mass is 16.3. The quantitative estimate of drug-likeness (QED) is 0.690. The zero-order valence-electron chi connectivity index (χ0n) is 12.1. The number of carbonyl (C=O) groups excluding carboxylic acids is 1. The van der Waals surface area contributed by atoms with Crippen molar-refractivity contribution in [3.63, 3.8) is 0 Å². The van der Waals surface area contributed by atoms with Crippen LogP contribution in [0.5, 0.6) is 5.75 Å². The second kappa shape index (κ2) is 6.15. The van der Waals surface area contributed by atoms with Crippen LogP contribution in [-0.2, 0) is 0 Å². The lowest BCUT2D eigenvalue weighted by atomic mass is 10.0. The molecule has 4 N–H and O–H groups in total. The van der Waals surface area contributed by atoms with E-state index in [1.165, 1.54) is 0 Å². The van der Waals surface area contributed by atoms with E-state index in [-0.39, 0.29) is 23.0 Å². The highest BCUT2D eigenvalue weighted by molar-refractivity contribution is 6.07. The Bertz CT molecular complexity index is 833. The average molecular weight is 306 g/mol. The number of hydrogen-bond acceptors (Lipinski definition) is 5. The molecule has 0 saturated heterocycles. The van der Waals surface area contributed by atoms with Crippen LogP contribution in [-0.4, -0.2) is 21.0 Å². The summed E-state index contributed by atoms with van der Waals surface area (Å²) in [5.74, 6) is -0.0197. The smallest absolute Gasteiger partial charge is 0.259 e. The van der Waals surface area contributed by atoms with Crippen molar-refractivity contribution in [1.29, 1.82) is 0 Å². The molecule has 2 heterocycles. The van der Waals surface area contributed by atoms with Gasteiger partial charge in [0.15, 0.2) is 0 Å². The molecule has 23 heavy (non-hydrogen) atoms. The number of nitrogens with zero attached hydrogens (tertiary/aromatic N) is 2. The number of carbonyl (C=O) groups is 1. The van der Waals surface area contributed by atoms with Crippen LogP contribution >= 0.6 is 0 Å². The van der Waals surface area contributed by atoms with Crippen LogP contribution in [0.1, 0.15) is 10.4 Å². The maximum atomic E-state index is 12.4. The molecule has 2 aromatic heterocycles. The van der Waals surface area contributed by atoms with Crippen LogP contribution in [0.4, 0.5) is 11.5 Å². The van der Waals surface area contributed by atoms with E-state index in [1.807, 2.05) is 0 Å². The monoisotopic (exact) mass is 306 g/mol. The first-order valence-corrected chi connectivity index (χ1v) is 6.90. The number of anilines is 2. The fourth-order valence-electron chi connectivity index (χ4n) is 2.10. The van der Waals surface area contributed by atoms with E-state index in [0.29, 0.717) is 5.69 Å². The molecule has 0 aliphatic rings. The number of aromatic hydroxyl groups is 1. The van der Waals surface area contributed by atoms with E-state index >= 15 is 0 Å². The number of nitrogens with one attached hydrogen (secondary N) is 1. The fourth-order valence-corrected chi connectivity index (χ4v) is 2.10. The number of hydrogen-bond donors (Lipinski definition) is 3. The van der Waals surface area contributed by atoms with Crippen molar-refractivity contribution in [2.45, 2.75) is 0 Å². The molecule has 0 spiro atoms. The summed E-state index contributed by atoms with van der Waals surface area (Å²) in [6.45, 7) is 0. The van der Waals surface area contributed by atoms with Crippen LogP contribution in [0.3, 0.4) is 0 Å². The summed E-state index contributed by atoms with van der Waals surface area (Å²) in [5.41, 5.74) is 8.29. The number of aromatic nitrogens is 2. The minimum atomic E-state index is -0.346. The normalized spacial score (nSPS) is 10.3. The van der Waals surface area contributed by atoms with Gasteiger partial charge in [0, 0.05) is 29.8 Å². The summed E-state index contributed by atoms with van der Waals surface area (Å²) >= 11 is 0. The van der Waals surface area contributed by atoms with Crippen LogP contribution in [0, 0.1) is 0 Å². The van der Waals surface area contributed by atoms with Gasteiger partial charge in [-0.2, -0.15) is 0 Å². The Kier molecular flexibility index (Phi) is 3.88. The third kappa shape index (κ3) is 3.26. The maximum absolute atomic E-state index is 12.4. The lowest BCUT2D eigenvalue weighted by Gasteiger charge is -2.09. The Morgan fingerprint density at radius 3 is 2.43 bits per heavy atom. The van der Waals surface area contributed by atoms with Crippen LogP contribution in [0.2, 0.25) is 0 Å². The maximum Gasteiger partial charge on any atom is 0.259 e. The Morgan fingerprint density at radius 1 is 1.04 bits per heavy atom. The minimum absolute atomic E-state index is 0.152. The van der Waals surface area contributed by atoms with Crippen molar-refractivity contribution in [2.75, 3.05) is 11.1 Å². The Labute approximate surface area is 132 Å². The van der Waals surface area contributed by atoms with Crippen molar-refractivity contribution in [3.8, 4) is 16.9 Å². The first kappa shape index (κ1) is 14.5. The first-order chi connectivity index (χ1) is 11.1. The van der Waals surface area contributed by atoms with Gasteiger partial charge >= 0.3 is 0 Å². The molecular formula is C17H14N4O2. The second-order valence-electron chi connectivity index (χ2n) is 4.89. The Hall–Kier alpha value is -3.41. The topological polar surface area (TPSA) is 101 Å². The summed E-state index contributed by atoms with van der Waals surface area (Å²) in [5, 5.41) is 12.1. The zero-order valence-corrected chi connectivity index (χ0v) is 12.1. The molecule has 0 unspecified atom stereocenters. The predicted molar refractivity (Wildman–Crippen MR) is 87.9 cm³/mol. The molecule has 3 aromatic rings. The molecule has 6 nitrogen and oxygen atoms in total. The molecule has 114 valence electrons. The van der Waals surface area contributed by atoms with E-state index in [4.69, 9.17) is 5.73 Å². The SMILES string of the molecule is Nc1ncc(-c2ccc(O)cc2)cc1C(=O)Nc1ccncc1. The summed E-state index contributed by atoms with van der Waals surface area (Å²) in [6, 6.07) is 11.7. The Balaban J connectivity index is 1.91. The average Bonchev–Trinajstić information content (AvgIpc) is 2.57. The molecule has 0 radical (unpaired) electrons. The van der Waals surface area contributed by atoms with Gasteiger partial charge < -0.3 is 16.2 Å². The minimum Gasteiger partial charge on any atom is -0.508 e. The lowest BCUT2D eigenvalue weighted by molar-refractivity contribution is 0.102. The van der Waals surface area contributed by atoms with Crippen molar-refractivity contribution < 1.29 is 9.90 Å². The molecule has 6 heteroatoms. The number of nitrogens with two attached hydrogens (primary N) is 1. The molecule has 0 bridgehead atoms. The number of nitrogen functional groups attached to an aromatic ring is 1. The fraction of sp³-hybridized carbons (Fsp3) is 0. The lowest BCUT2D eigenvalue weighted by Crippen LogP contribution is -2.15. The molecule has 0 saturated carbocycles.